The predicted molar refractivity (Wildman–Crippen MR) is 92.1 cm³/mol. The lowest BCUT2D eigenvalue weighted by Crippen LogP contribution is -2.61. The molecule has 122 valence electrons. The van der Waals surface area contributed by atoms with Crippen molar-refractivity contribution in [2.45, 2.75) is 11.3 Å². The van der Waals surface area contributed by atoms with Crippen LogP contribution in [0.5, 0.6) is 0 Å². The smallest absolute Gasteiger partial charge is 0.307 e. The van der Waals surface area contributed by atoms with Gasteiger partial charge in [-0.2, -0.15) is 12.6 Å². The highest BCUT2D eigenvalue weighted by atomic mass is 32.1. The van der Waals surface area contributed by atoms with E-state index in [1.165, 1.54) is 4.90 Å². The quantitative estimate of drug-likeness (QED) is 0.645. The maximum absolute atomic E-state index is 12.7. The summed E-state index contributed by atoms with van der Waals surface area (Å²) >= 11 is 4.33. The SMILES string of the molecule is O=C1NC2(c3ccccc3)NC(=O)N(CS)C2(c2ccccc2)N1. The highest BCUT2D eigenvalue weighted by molar-refractivity contribution is 7.80. The molecule has 2 atom stereocenters. The van der Waals surface area contributed by atoms with Gasteiger partial charge >= 0.3 is 12.1 Å². The summed E-state index contributed by atoms with van der Waals surface area (Å²) in [7, 11) is 0. The number of fused-ring (bicyclic) bond motifs is 1. The molecule has 0 aliphatic carbocycles. The Morgan fingerprint density at radius 2 is 1.42 bits per heavy atom. The number of benzene rings is 2. The molecule has 2 aliphatic heterocycles. The topological polar surface area (TPSA) is 73.5 Å². The molecule has 2 unspecified atom stereocenters. The Hall–Kier alpha value is -2.67. The molecule has 0 saturated carbocycles. The van der Waals surface area contributed by atoms with Crippen molar-refractivity contribution >= 4 is 24.7 Å². The molecule has 2 saturated heterocycles. The lowest BCUT2D eigenvalue weighted by Gasteiger charge is -2.41. The molecule has 2 aromatic rings. The maximum Gasteiger partial charge on any atom is 0.322 e. The lowest BCUT2D eigenvalue weighted by atomic mass is 9.82. The van der Waals surface area contributed by atoms with Crippen molar-refractivity contribution in [2.75, 3.05) is 5.88 Å². The van der Waals surface area contributed by atoms with Crippen LogP contribution in [0.15, 0.2) is 60.7 Å². The van der Waals surface area contributed by atoms with E-state index in [1.807, 2.05) is 60.7 Å². The fourth-order valence-corrected chi connectivity index (χ4v) is 4.00. The van der Waals surface area contributed by atoms with E-state index < -0.39 is 11.3 Å². The minimum atomic E-state index is -1.12. The summed E-state index contributed by atoms with van der Waals surface area (Å²) in [6.45, 7) is 0. The number of nitrogens with one attached hydrogen (secondary N) is 3. The van der Waals surface area contributed by atoms with Crippen molar-refractivity contribution < 1.29 is 9.59 Å². The Morgan fingerprint density at radius 1 is 0.833 bits per heavy atom. The van der Waals surface area contributed by atoms with Crippen LogP contribution in [-0.2, 0) is 11.3 Å². The van der Waals surface area contributed by atoms with Gasteiger partial charge < -0.3 is 16.0 Å². The van der Waals surface area contributed by atoms with E-state index in [-0.39, 0.29) is 17.9 Å². The molecular weight excluding hydrogens is 324 g/mol. The Bertz CT molecular complexity index is 801. The zero-order valence-electron chi connectivity index (χ0n) is 12.7. The minimum Gasteiger partial charge on any atom is -0.307 e. The van der Waals surface area contributed by atoms with E-state index >= 15 is 0 Å². The predicted octanol–water partition coefficient (Wildman–Crippen LogP) is 1.92. The van der Waals surface area contributed by atoms with Crippen LogP contribution in [-0.4, -0.2) is 22.8 Å². The van der Waals surface area contributed by atoms with Crippen molar-refractivity contribution in [3.05, 3.63) is 71.8 Å². The average molecular weight is 340 g/mol. The van der Waals surface area contributed by atoms with Crippen LogP contribution in [0.4, 0.5) is 9.59 Å². The molecule has 2 fully saturated rings. The van der Waals surface area contributed by atoms with Gasteiger partial charge in [-0.25, -0.2) is 9.59 Å². The molecule has 6 nitrogen and oxygen atoms in total. The first-order chi connectivity index (χ1) is 11.6. The number of carbonyl (C=O) groups excluding carboxylic acids is 2. The number of thiol groups is 1. The number of amides is 4. The van der Waals surface area contributed by atoms with E-state index in [0.29, 0.717) is 0 Å². The molecule has 4 amide bonds. The van der Waals surface area contributed by atoms with Gasteiger partial charge in [-0.15, -0.1) is 0 Å². The van der Waals surface area contributed by atoms with Crippen LogP contribution >= 0.6 is 12.6 Å². The molecular formula is C17H16N4O2S. The monoisotopic (exact) mass is 340 g/mol. The second kappa shape index (κ2) is 5.17. The first kappa shape index (κ1) is 14.9. The van der Waals surface area contributed by atoms with Gasteiger partial charge in [0.05, 0.1) is 5.88 Å². The lowest BCUT2D eigenvalue weighted by molar-refractivity contribution is 0.0984. The summed E-state index contributed by atoms with van der Waals surface area (Å²) in [5.41, 5.74) is -0.651. The summed E-state index contributed by atoms with van der Waals surface area (Å²) in [5.74, 6) is 0.150. The van der Waals surface area contributed by atoms with Gasteiger partial charge in [-0.3, -0.25) is 4.90 Å². The molecule has 0 radical (unpaired) electrons. The van der Waals surface area contributed by atoms with E-state index in [0.717, 1.165) is 11.1 Å². The number of nitrogens with zero attached hydrogens (tertiary/aromatic N) is 1. The third-order valence-electron chi connectivity index (χ3n) is 4.62. The molecule has 0 aromatic heterocycles. The summed E-state index contributed by atoms with van der Waals surface area (Å²) in [4.78, 5) is 26.5. The molecule has 2 aromatic carbocycles. The zero-order valence-corrected chi connectivity index (χ0v) is 13.6. The molecule has 24 heavy (non-hydrogen) atoms. The molecule has 0 spiro atoms. The number of rotatable bonds is 3. The van der Waals surface area contributed by atoms with Gasteiger partial charge in [-0.05, 0) is 0 Å². The second-order valence-electron chi connectivity index (χ2n) is 5.77. The van der Waals surface area contributed by atoms with Crippen LogP contribution in [0.1, 0.15) is 11.1 Å². The Kier molecular flexibility index (Phi) is 3.21. The van der Waals surface area contributed by atoms with Crippen LogP contribution in [0.3, 0.4) is 0 Å². The molecule has 0 bridgehead atoms. The third kappa shape index (κ3) is 1.73. The van der Waals surface area contributed by atoms with E-state index in [9.17, 15) is 9.59 Å². The summed E-state index contributed by atoms with van der Waals surface area (Å²) in [6.07, 6.45) is 0. The van der Waals surface area contributed by atoms with E-state index in [4.69, 9.17) is 0 Å². The van der Waals surface area contributed by atoms with Gasteiger partial charge in [0.2, 0.25) is 0 Å². The highest BCUT2D eigenvalue weighted by Gasteiger charge is 2.70. The maximum atomic E-state index is 12.7. The van der Waals surface area contributed by atoms with Gasteiger partial charge in [0.25, 0.3) is 0 Å². The number of carbonyl (C=O) groups is 2. The normalized spacial score (nSPS) is 28.1. The van der Waals surface area contributed by atoms with Crippen LogP contribution in [0, 0.1) is 0 Å². The Balaban J connectivity index is 2.03. The van der Waals surface area contributed by atoms with Crippen LogP contribution in [0.25, 0.3) is 0 Å². The molecule has 7 heteroatoms. The Morgan fingerprint density at radius 3 is 2.00 bits per heavy atom. The van der Waals surface area contributed by atoms with Crippen molar-refractivity contribution in [3.63, 3.8) is 0 Å². The third-order valence-corrected chi connectivity index (χ3v) is 4.91. The summed E-state index contributed by atoms with van der Waals surface area (Å²) in [6, 6.07) is 18.2. The summed E-state index contributed by atoms with van der Waals surface area (Å²) < 4.78 is 0. The number of hydrogen-bond acceptors (Lipinski definition) is 3. The fourth-order valence-electron chi connectivity index (χ4n) is 3.66. The minimum absolute atomic E-state index is 0.150. The highest BCUT2D eigenvalue weighted by Crippen LogP contribution is 2.48. The number of hydrogen-bond donors (Lipinski definition) is 4. The van der Waals surface area contributed by atoms with E-state index in [2.05, 4.69) is 28.6 Å². The first-order valence-electron chi connectivity index (χ1n) is 7.56. The van der Waals surface area contributed by atoms with Crippen LogP contribution < -0.4 is 16.0 Å². The summed E-state index contributed by atoms with van der Waals surface area (Å²) in [5, 5.41) is 8.84. The zero-order chi connectivity index (χ0) is 16.8. The van der Waals surface area contributed by atoms with Gasteiger partial charge in [0.1, 0.15) is 0 Å². The number of urea groups is 2. The van der Waals surface area contributed by atoms with Crippen molar-refractivity contribution in [3.8, 4) is 0 Å². The molecule has 2 aliphatic rings. The molecule has 3 N–H and O–H groups in total. The van der Waals surface area contributed by atoms with Crippen molar-refractivity contribution in [1.29, 1.82) is 0 Å². The van der Waals surface area contributed by atoms with Gasteiger partial charge in [0.15, 0.2) is 11.3 Å². The Labute approximate surface area is 144 Å². The average Bonchev–Trinajstić information content (AvgIpc) is 3.03. The van der Waals surface area contributed by atoms with Crippen molar-refractivity contribution in [2.24, 2.45) is 0 Å². The standard InChI is InChI=1S/C17H16N4O2S/c22-14-18-16(12-7-3-1-4-8-12)17(19-14,13-9-5-2-6-10-13)21(11-24)15(23)20-16/h1-10,24H,11H2,(H,20,23)(H2,18,19,22). The molecule has 2 heterocycles. The van der Waals surface area contributed by atoms with Gasteiger partial charge in [-0.1, -0.05) is 60.7 Å². The fraction of sp³-hybridized carbons (Fsp3) is 0.176. The largest absolute Gasteiger partial charge is 0.322 e. The van der Waals surface area contributed by atoms with E-state index in [1.54, 1.807) is 0 Å². The van der Waals surface area contributed by atoms with Gasteiger partial charge in [0, 0.05) is 11.1 Å². The molecule has 4 rings (SSSR count). The first-order valence-corrected chi connectivity index (χ1v) is 8.19. The van der Waals surface area contributed by atoms with Crippen LogP contribution in [0.2, 0.25) is 0 Å². The van der Waals surface area contributed by atoms with Crippen molar-refractivity contribution in [1.82, 2.24) is 20.9 Å². The second-order valence-corrected chi connectivity index (χ2v) is 6.05.